The second-order valence-electron chi connectivity index (χ2n) is 10.6. The molecule has 210 valence electrons. The quantitative estimate of drug-likeness (QED) is 0.407. The van der Waals surface area contributed by atoms with Crippen LogP contribution in [0.1, 0.15) is 33.1 Å². The van der Waals surface area contributed by atoms with Crippen LogP contribution in [-0.2, 0) is 29.0 Å². The zero-order valence-electron chi connectivity index (χ0n) is 22.7. The summed E-state index contributed by atoms with van der Waals surface area (Å²) < 4.78 is 45.4. The van der Waals surface area contributed by atoms with Crippen LogP contribution in [0.4, 0.5) is 0 Å². The third-order valence-electron chi connectivity index (χ3n) is 7.99. The average Bonchev–Trinajstić information content (AvgIpc) is 3.37. The Labute approximate surface area is 222 Å². The number of hydrogen-bond acceptors (Lipinski definition) is 8. The van der Waals surface area contributed by atoms with Gasteiger partial charge in [-0.2, -0.15) is 4.31 Å². The molecule has 3 saturated heterocycles. The lowest BCUT2D eigenvalue weighted by Gasteiger charge is -2.36. The molecule has 4 rings (SSSR count). The Morgan fingerprint density at radius 2 is 1.73 bits per heavy atom. The van der Waals surface area contributed by atoms with Crippen molar-refractivity contribution in [2.45, 2.75) is 39.2 Å². The van der Waals surface area contributed by atoms with Gasteiger partial charge in [-0.15, -0.1) is 0 Å². The highest BCUT2D eigenvalue weighted by molar-refractivity contribution is 7.93. The standard InChI is InChI=1S/C26H44N4O6S/c1-21-17-24(34-3)18-22(2)26(21)37(32,33)30-6-4-5-23(30)19-36-20-25(31)29-11-9-27(10-12-29)7-8-28-13-15-35-16-14-28/h17,22-23H,4-16,18-20H2,1-3H3/t22?,23-/m0/s1. The highest BCUT2D eigenvalue weighted by Gasteiger charge is 2.40. The van der Waals surface area contributed by atoms with Gasteiger partial charge in [-0.3, -0.25) is 14.6 Å². The molecule has 1 amide bonds. The number of ether oxygens (including phenoxy) is 3. The largest absolute Gasteiger partial charge is 0.501 e. The number of morpholine rings is 1. The van der Waals surface area contributed by atoms with Gasteiger partial charge in [0, 0.05) is 77.3 Å². The molecule has 3 fully saturated rings. The third-order valence-corrected chi connectivity index (χ3v) is 10.4. The fraction of sp³-hybridized carbons (Fsp3) is 0.808. The minimum absolute atomic E-state index is 0.00374. The molecule has 4 aliphatic rings. The Morgan fingerprint density at radius 1 is 1.05 bits per heavy atom. The smallest absolute Gasteiger partial charge is 0.248 e. The second-order valence-corrected chi connectivity index (χ2v) is 12.4. The topological polar surface area (TPSA) is 91.9 Å². The van der Waals surface area contributed by atoms with E-state index in [1.165, 1.54) is 0 Å². The van der Waals surface area contributed by atoms with E-state index in [4.69, 9.17) is 14.2 Å². The molecule has 1 aliphatic carbocycles. The summed E-state index contributed by atoms with van der Waals surface area (Å²) in [5.74, 6) is 0.653. The Morgan fingerprint density at radius 3 is 2.38 bits per heavy atom. The first-order valence-corrected chi connectivity index (χ1v) is 15.1. The molecular formula is C26H44N4O6S. The average molecular weight is 541 g/mol. The van der Waals surface area contributed by atoms with E-state index in [1.807, 2.05) is 24.8 Å². The first-order chi connectivity index (χ1) is 17.8. The molecular weight excluding hydrogens is 496 g/mol. The summed E-state index contributed by atoms with van der Waals surface area (Å²) in [5.41, 5.74) is 0.737. The van der Waals surface area contributed by atoms with Crippen LogP contribution in [0.5, 0.6) is 0 Å². The van der Waals surface area contributed by atoms with Crippen LogP contribution in [0, 0.1) is 5.92 Å². The van der Waals surface area contributed by atoms with Crippen molar-refractivity contribution in [3.63, 3.8) is 0 Å². The van der Waals surface area contributed by atoms with E-state index in [0.29, 0.717) is 31.0 Å². The minimum Gasteiger partial charge on any atom is -0.501 e. The summed E-state index contributed by atoms with van der Waals surface area (Å²) in [6, 6.07) is -0.241. The number of hydrogen-bond donors (Lipinski definition) is 0. The predicted molar refractivity (Wildman–Crippen MR) is 141 cm³/mol. The van der Waals surface area contributed by atoms with Gasteiger partial charge < -0.3 is 19.1 Å². The normalized spacial score (nSPS) is 27.0. The molecule has 3 aliphatic heterocycles. The third kappa shape index (κ3) is 7.13. The molecule has 2 atom stereocenters. The summed E-state index contributed by atoms with van der Waals surface area (Å²) in [5, 5.41) is 0. The van der Waals surface area contributed by atoms with Crippen LogP contribution in [0.25, 0.3) is 0 Å². The van der Waals surface area contributed by atoms with Gasteiger partial charge in [-0.1, -0.05) is 6.92 Å². The van der Waals surface area contributed by atoms with Crippen molar-refractivity contribution < 1.29 is 27.4 Å². The number of rotatable bonds is 10. The summed E-state index contributed by atoms with van der Waals surface area (Å²) in [6.07, 6.45) is 3.95. The number of nitrogens with zero attached hydrogens (tertiary/aromatic N) is 4. The first-order valence-electron chi connectivity index (χ1n) is 13.6. The fourth-order valence-corrected chi connectivity index (χ4v) is 8.11. The van der Waals surface area contributed by atoms with Gasteiger partial charge in [0.25, 0.3) is 0 Å². The lowest BCUT2D eigenvalue weighted by atomic mass is 9.97. The summed E-state index contributed by atoms with van der Waals surface area (Å²) in [4.78, 5) is 19.9. The molecule has 0 saturated carbocycles. The number of piperazine rings is 1. The molecule has 0 spiro atoms. The number of sulfonamides is 1. The molecule has 0 radical (unpaired) electrons. The van der Waals surface area contributed by atoms with Crippen molar-refractivity contribution >= 4 is 15.9 Å². The van der Waals surface area contributed by atoms with Crippen LogP contribution >= 0.6 is 0 Å². The molecule has 0 N–H and O–H groups in total. The van der Waals surface area contributed by atoms with Gasteiger partial charge in [0.2, 0.25) is 15.9 Å². The molecule has 37 heavy (non-hydrogen) atoms. The van der Waals surface area contributed by atoms with E-state index >= 15 is 0 Å². The zero-order valence-corrected chi connectivity index (χ0v) is 23.5. The number of carbonyl (C=O) groups is 1. The number of methoxy groups -OCH3 is 1. The highest BCUT2D eigenvalue weighted by atomic mass is 32.2. The van der Waals surface area contributed by atoms with Crippen molar-refractivity contribution in [1.82, 2.24) is 19.0 Å². The van der Waals surface area contributed by atoms with E-state index in [9.17, 15) is 13.2 Å². The second kappa shape index (κ2) is 13.0. The highest BCUT2D eigenvalue weighted by Crippen LogP contribution is 2.37. The summed E-state index contributed by atoms with van der Waals surface area (Å²) >= 11 is 0. The van der Waals surface area contributed by atoms with Crippen molar-refractivity contribution in [3.8, 4) is 0 Å². The number of allylic oxidation sites excluding steroid dienone is 4. The van der Waals surface area contributed by atoms with Gasteiger partial charge in [0.15, 0.2) is 0 Å². The van der Waals surface area contributed by atoms with Crippen molar-refractivity contribution in [1.29, 1.82) is 0 Å². The molecule has 0 aromatic rings. The van der Waals surface area contributed by atoms with Crippen LogP contribution < -0.4 is 0 Å². The molecule has 1 unspecified atom stereocenters. The van der Waals surface area contributed by atoms with Crippen molar-refractivity contribution in [3.05, 3.63) is 22.3 Å². The van der Waals surface area contributed by atoms with E-state index < -0.39 is 10.0 Å². The Balaban J connectivity index is 1.22. The minimum atomic E-state index is -3.61. The van der Waals surface area contributed by atoms with Crippen LogP contribution in [0.2, 0.25) is 0 Å². The fourth-order valence-electron chi connectivity index (χ4n) is 5.88. The van der Waals surface area contributed by atoms with Gasteiger partial charge in [-0.25, -0.2) is 8.42 Å². The van der Waals surface area contributed by atoms with Crippen molar-refractivity contribution in [2.24, 2.45) is 5.92 Å². The summed E-state index contributed by atoms with van der Waals surface area (Å²) in [7, 11) is -1.99. The predicted octanol–water partition coefficient (Wildman–Crippen LogP) is 1.12. The Kier molecular flexibility index (Phi) is 10.0. The SMILES string of the molecule is COC1=CC(C)=C(S(=O)(=O)N2CCC[C@H]2COCC(=O)N2CCN(CCN3CCOCC3)CC2)C(C)C1. The van der Waals surface area contributed by atoms with Gasteiger partial charge in [0.05, 0.1) is 37.6 Å². The zero-order chi connectivity index (χ0) is 26.4. The monoisotopic (exact) mass is 540 g/mol. The molecule has 0 bridgehead atoms. The first kappa shape index (κ1) is 28.5. The molecule has 10 nitrogen and oxygen atoms in total. The maximum Gasteiger partial charge on any atom is 0.248 e. The van der Waals surface area contributed by atoms with E-state index in [1.54, 1.807) is 11.4 Å². The maximum atomic E-state index is 13.6. The molecule has 0 aromatic carbocycles. The van der Waals surface area contributed by atoms with E-state index in [2.05, 4.69) is 9.80 Å². The summed E-state index contributed by atoms with van der Waals surface area (Å²) in [6.45, 7) is 13.3. The van der Waals surface area contributed by atoms with Crippen molar-refractivity contribution in [2.75, 3.05) is 92.4 Å². The number of amides is 1. The lowest BCUT2D eigenvalue weighted by molar-refractivity contribution is -0.138. The Hall–Kier alpha value is -1.50. The van der Waals surface area contributed by atoms with Gasteiger partial charge in [0.1, 0.15) is 6.61 Å². The van der Waals surface area contributed by atoms with Gasteiger partial charge in [-0.05, 0) is 31.4 Å². The molecule has 0 aromatic heterocycles. The van der Waals surface area contributed by atoms with Crippen LogP contribution in [0.15, 0.2) is 22.3 Å². The van der Waals surface area contributed by atoms with E-state index in [-0.39, 0.29) is 31.1 Å². The molecule has 11 heteroatoms. The molecule has 3 heterocycles. The maximum absolute atomic E-state index is 13.6. The van der Waals surface area contributed by atoms with Crippen LogP contribution in [0.3, 0.4) is 0 Å². The van der Waals surface area contributed by atoms with Crippen LogP contribution in [-0.4, -0.2) is 132 Å². The lowest BCUT2D eigenvalue weighted by Crippen LogP contribution is -2.51. The number of carbonyl (C=O) groups excluding carboxylic acids is 1. The Bertz CT molecular complexity index is 954. The van der Waals surface area contributed by atoms with E-state index in [0.717, 1.165) is 76.7 Å². The van der Waals surface area contributed by atoms with Gasteiger partial charge >= 0.3 is 0 Å².